The summed E-state index contributed by atoms with van der Waals surface area (Å²) in [5.74, 6) is 1.77. The minimum atomic E-state index is 0.446. The van der Waals surface area contributed by atoms with Gasteiger partial charge in [-0.1, -0.05) is 48.5 Å². The molecule has 2 heterocycles. The lowest BCUT2D eigenvalue weighted by Crippen LogP contribution is -1.99. The first kappa shape index (κ1) is 15.9. The van der Waals surface area contributed by atoms with Crippen LogP contribution in [-0.4, -0.2) is 4.98 Å². The fourth-order valence-corrected chi connectivity index (χ4v) is 3.50. The van der Waals surface area contributed by atoms with Gasteiger partial charge in [-0.2, -0.15) is 0 Å². The summed E-state index contributed by atoms with van der Waals surface area (Å²) in [6.07, 6.45) is 0.858. The zero-order valence-electron chi connectivity index (χ0n) is 14.9. The monoisotopic (exact) mass is 353 g/mol. The van der Waals surface area contributed by atoms with Crippen LogP contribution < -0.4 is 9.47 Å². The number of para-hydroxylation sites is 1. The molecule has 4 aromatic rings. The van der Waals surface area contributed by atoms with Crippen molar-refractivity contribution < 1.29 is 9.47 Å². The van der Waals surface area contributed by atoms with Crippen LogP contribution in [0.15, 0.2) is 78.9 Å². The van der Waals surface area contributed by atoms with Gasteiger partial charge in [-0.05, 0) is 41.5 Å². The van der Waals surface area contributed by atoms with Gasteiger partial charge in [-0.25, -0.2) is 4.98 Å². The van der Waals surface area contributed by atoms with E-state index in [0.29, 0.717) is 13.2 Å². The molecule has 0 aliphatic carbocycles. The molecule has 5 rings (SSSR count). The van der Waals surface area contributed by atoms with Crippen LogP contribution in [0, 0.1) is 0 Å². The van der Waals surface area contributed by atoms with Gasteiger partial charge in [0, 0.05) is 17.4 Å². The van der Waals surface area contributed by atoms with Crippen LogP contribution in [0.2, 0.25) is 0 Å². The molecular formula is C24H19NO2. The number of aromatic nitrogens is 1. The molecule has 1 aliphatic rings. The number of pyridine rings is 1. The zero-order valence-corrected chi connectivity index (χ0v) is 14.9. The van der Waals surface area contributed by atoms with E-state index in [0.717, 1.165) is 40.1 Å². The molecule has 0 saturated heterocycles. The second-order valence-corrected chi connectivity index (χ2v) is 6.79. The Morgan fingerprint density at radius 3 is 2.63 bits per heavy atom. The number of hydrogen-bond donors (Lipinski definition) is 0. The van der Waals surface area contributed by atoms with Crippen molar-refractivity contribution in [1.29, 1.82) is 0 Å². The van der Waals surface area contributed by atoms with Gasteiger partial charge in [0.25, 0.3) is 0 Å². The van der Waals surface area contributed by atoms with Crippen LogP contribution in [0.4, 0.5) is 0 Å². The Balaban J connectivity index is 1.36. The number of benzene rings is 3. The van der Waals surface area contributed by atoms with Crippen LogP contribution in [0.25, 0.3) is 10.9 Å². The lowest BCUT2D eigenvalue weighted by atomic mass is 10.0. The predicted octanol–water partition coefficient (Wildman–Crippen LogP) is 5.30. The molecule has 0 atom stereocenters. The van der Waals surface area contributed by atoms with Gasteiger partial charge in [-0.3, -0.25) is 0 Å². The number of fused-ring (bicyclic) bond motifs is 3. The summed E-state index contributed by atoms with van der Waals surface area (Å²) in [7, 11) is 0. The summed E-state index contributed by atoms with van der Waals surface area (Å²) < 4.78 is 12.0. The van der Waals surface area contributed by atoms with Gasteiger partial charge in [0.15, 0.2) is 0 Å². The number of nitrogens with zero attached hydrogens (tertiary/aromatic N) is 1. The normalized spacial score (nSPS) is 12.6. The fourth-order valence-electron chi connectivity index (χ4n) is 3.50. The van der Waals surface area contributed by atoms with Crippen molar-refractivity contribution >= 4 is 10.9 Å². The van der Waals surface area contributed by atoms with E-state index < -0.39 is 0 Å². The molecule has 0 amide bonds. The van der Waals surface area contributed by atoms with Crippen LogP contribution in [-0.2, 0) is 19.6 Å². The van der Waals surface area contributed by atoms with E-state index in [-0.39, 0.29) is 0 Å². The van der Waals surface area contributed by atoms with Crippen molar-refractivity contribution in [1.82, 2.24) is 4.98 Å². The van der Waals surface area contributed by atoms with Crippen molar-refractivity contribution in [3.8, 4) is 11.5 Å². The van der Waals surface area contributed by atoms with E-state index in [1.807, 2.05) is 36.4 Å². The Kier molecular flexibility index (Phi) is 3.98. The molecule has 0 bridgehead atoms. The topological polar surface area (TPSA) is 31.4 Å². The Labute approximate surface area is 158 Å². The molecule has 0 fully saturated rings. The smallest absolute Gasteiger partial charge is 0.130 e. The maximum absolute atomic E-state index is 6.02. The highest BCUT2D eigenvalue weighted by Gasteiger charge is 2.14. The highest BCUT2D eigenvalue weighted by atomic mass is 16.5. The summed E-state index contributed by atoms with van der Waals surface area (Å²) in [5, 5.41) is 1.14. The second-order valence-electron chi connectivity index (χ2n) is 6.79. The first-order chi connectivity index (χ1) is 13.3. The molecule has 3 heteroatoms. The van der Waals surface area contributed by atoms with E-state index in [4.69, 9.17) is 9.47 Å². The highest BCUT2D eigenvalue weighted by molar-refractivity contribution is 5.78. The molecule has 132 valence electrons. The van der Waals surface area contributed by atoms with Crippen LogP contribution in [0.1, 0.15) is 22.4 Å². The quantitative estimate of drug-likeness (QED) is 0.501. The molecule has 0 unspecified atom stereocenters. The lowest BCUT2D eigenvalue weighted by molar-refractivity contribution is 0.295. The first-order valence-electron chi connectivity index (χ1n) is 9.15. The zero-order chi connectivity index (χ0) is 18.1. The summed E-state index contributed by atoms with van der Waals surface area (Å²) >= 11 is 0. The molecule has 3 nitrogen and oxygen atoms in total. The largest absolute Gasteiger partial charge is 0.489 e. The third kappa shape index (κ3) is 3.24. The second kappa shape index (κ2) is 6.76. The summed E-state index contributed by atoms with van der Waals surface area (Å²) in [6, 6.07) is 26.7. The van der Waals surface area contributed by atoms with Gasteiger partial charge in [0.1, 0.15) is 24.7 Å². The van der Waals surface area contributed by atoms with Crippen molar-refractivity contribution in [3.05, 3.63) is 101 Å². The first-order valence-corrected chi connectivity index (χ1v) is 9.15. The van der Waals surface area contributed by atoms with Gasteiger partial charge in [0.2, 0.25) is 0 Å². The Morgan fingerprint density at radius 1 is 0.815 bits per heavy atom. The minimum absolute atomic E-state index is 0.446. The van der Waals surface area contributed by atoms with E-state index in [1.165, 1.54) is 11.1 Å². The van der Waals surface area contributed by atoms with E-state index in [2.05, 4.69) is 47.4 Å². The molecule has 1 aliphatic heterocycles. The summed E-state index contributed by atoms with van der Waals surface area (Å²) in [4.78, 5) is 4.67. The Morgan fingerprint density at radius 2 is 1.67 bits per heavy atom. The SMILES string of the molecule is c1ccc2c(c1)COc1ccc(OCc3ccc4ccccc4n3)cc1C2. The fraction of sp³-hybridized carbons (Fsp3) is 0.125. The molecule has 0 N–H and O–H groups in total. The van der Waals surface area contributed by atoms with E-state index in [1.54, 1.807) is 0 Å². The van der Waals surface area contributed by atoms with Gasteiger partial charge >= 0.3 is 0 Å². The van der Waals surface area contributed by atoms with Crippen LogP contribution >= 0.6 is 0 Å². The van der Waals surface area contributed by atoms with Gasteiger partial charge < -0.3 is 9.47 Å². The minimum Gasteiger partial charge on any atom is -0.489 e. The molecule has 0 spiro atoms. The standard InChI is InChI=1S/C24H19NO2/c1-2-7-19-15-27-24-12-11-22(14-20(24)13-18(19)6-1)26-16-21-10-9-17-5-3-4-8-23(17)25-21/h1-12,14H,13,15-16H2. The summed E-state index contributed by atoms with van der Waals surface area (Å²) in [6.45, 7) is 1.06. The van der Waals surface area contributed by atoms with Crippen molar-refractivity contribution in [2.45, 2.75) is 19.6 Å². The maximum Gasteiger partial charge on any atom is 0.130 e. The van der Waals surface area contributed by atoms with Crippen LogP contribution in [0.5, 0.6) is 11.5 Å². The molecule has 0 radical (unpaired) electrons. The lowest BCUT2D eigenvalue weighted by Gasteiger charge is -2.11. The highest BCUT2D eigenvalue weighted by Crippen LogP contribution is 2.31. The van der Waals surface area contributed by atoms with E-state index in [9.17, 15) is 0 Å². The van der Waals surface area contributed by atoms with E-state index >= 15 is 0 Å². The average molecular weight is 353 g/mol. The van der Waals surface area contributed by atoms with Crippen molar-refractivity contribution in [2.24, 2.45) is 0 Å². The number of rotatable bonds is 3. The third-order valence-electron chi connectivity index (χ3n) is 4.96. The number of ether oxygens (including phenoxy) is 2. The Hall–Kier alpha value is -3.33. The average Bonchev–Trinajstić information content (AvgIpc) is 2.91. The molecular weight excluding hydrogens is 334 g/mol. The van der Waals surface area contributed by atoms with Crippen molar-refractivity contribution in [3.63, 3.8) is 0 Å². The third-order valence-corrected chi connectivity index (χ3v) is 4.96. The van der Waals surface area contributed by atoms with Crippen molar-refractivity contribution in [2.75, 3.05) is 0 Å². The number of hydrogen-bond acceptors (Lipinski definition) is 3. The summed E-state index contributed by atoms with van der Waals surface area (Å²) in [5.41, 5.74) is 5.63. The molecule has 1 aromatic heterocycles. The van der Waals surface area contributed by atoms with Crippen LogP contribution in [0.3, 0.4) is 0 Å². The molecule has 3 aromatic carbocycles. The maximum atomic E-state index is 6.02. The molecule has 27 heavy (non-hydrogen) atoms. The van der Waals surface area contributed by atoms with Gasteiger partial charge in [0.05, 0.1) is 11.2 Å². The molecule has 0 saturated carbocycles. The van der Waals surface area contributed by atoms with Gasteiger partial charge in [-0.15, -0.1) is 0 Å². The predicted molar refractivity (Wildman–Crippen MR) is 106 cm³/mol. The Bertz CT molecular complexity index is 1120.